The van der Waals surface area contributed by atoms with Crippen LogP contribution in [0.3, 0.4) is 0 Å². The van der Waals surface area contributed by atoms with E-state index >= 15 is 0 Å². The zero-order valence-corrected chi connectivity index (χ0v) is 7.93. The summed E-state index contributed by atoms with van der Waals surface area (Å²) in [5.74, 6) is 0. The Bertz CT molecular complexity index is 72.0. The molecule has 2 heteroatoms. The predicted molar refractivity (Wildman–Crippen MR) is 46.6 cm³/mol. The molecule has 0 heterocycles. The summed E-state index contributed by atoms with van der Waals surface area (Å²) in [6, 6.07) is 0. The molecule has 11 heavy (non-hydrogen) atoms. The van der Waals surface area contributed by atoms with Crippen molar-refractivity contribution in [1.82, 2.24) is 0 Å². The van der Waals surface area contributed by atoms with Crippen LogP contribution in [-0.4, -0.2) is 19.5 Å². The second-order valence-electron chi connectivity index (χ2n) is 2.95. The third kappa shape index (κ3) is 9.92. The highest BCUT2D eigenvalue weighted by Gasteiger charge is 1.91. The highest BCUT2D eigenvalue weighted by atomic mass is 16.7. The first kappa shape index (κ1) is 10.9. The van der Waals surface area contributed by atoms with Gasteiger partial charge in [0.2, 0.25) is 0 Å². The van der Waals surface area contributed by atoms with Crippen molar-refractivity contribution in [2.45, 2.75) is 46.1 Å². The first-order chi connectivity index (χ1) is 5.27. The molecule has 0 unspecified atom stereocenters. The van der Waals surface area contributed by atoms with Crippen LogP contribution < -0.4 is 0 Å². The molecule has 0 spiro atoms. The van der Waals surface area contributed by atoms with E-state index in [1.165, 1.54) is 12.8 Å². The van der Waals surface area contributed by atoms with Gasteiger partial charge in [0.25, 0.3) is 0 Å². The topological polar surface area (TPSA) is 18.5 Å². The zero-order chi connectivity index (χ0) is 8.53. The minimum Gasteiger partial charge on any atom is -0.355 e. The maximum atomic E-state index is 5.22. The largest absolute Gasteiger partial charge is 0.355 e. The van der Waals surface area contributed by atoms with Crippen LogP contribution in [0.1, 0.15) is 40.0 Å². The molecule has 0 N–H and O–H groups in total. The van der Waals surface area contributed by atoms with Crippen LogP contribution in [0.15, 0.2) is 0 Å². The molecule has 0 bridgehead atoms. The minimum atomic E-state index is 0.279. The SMILES string of the molecule is CCCCCOCOC(C)C. The standard InChI is InChI=1S/C9H20O2/c1-4-5-6-7-10-8-11-9(2)3/h9H,4-8H2,1-3H3. The average Bonchev–Trinajstić information content (AvgIpc) is 1.96. The van der Waals surface area contributed by atoms with Gasteiger partial charge in [-0.05, 0) is 20.3 Å². The third-order valence-corrected chi connectivity index (χ3v) is 1.38. The highest BCUT2D eigenvalue weighted by molar-refractivity contribution is 4.35. The van der Waals surface area contributed by atoms with Crippen molar-refractivity contribution in [2.24, 2.45) is 0 Å². The number of unbranched alkanes of at least 4 members (excludes halogenated alkanes) is 2. The van der Waals surface area contributed by atoms with Crippen LogP contribution >= 0.6 is 0 Å². The summed E-state index contributed by atoms with van der Waals surface area (Å²) in [5, 5.41) is 0. The van der Waals surface area contributed by atoms with Gasteiger partial charge in [0.05, 0.1) is 6.10 Å². The fourth-order valence-electron chi connectivity index (χ4n) is 0.697. The molecule has 0 aromatic rings. The fourth-order valence-corrected chi connectivity index (χ4v) is 0.697. The Morgan fingerprint density at radius 1 is 1.18 bits per heavy atom. The van der Waals surface area contributed by atoms with Crippen molar-refractivity contribution < 1.29 is 9.47 Å². The van der Waals surface area contributed by atoms with Gasteiger partial charge in [-0.3, -0.25) is 0 Å². The Kier molecular flexibility index (Phi) is 7.96. The summed E-state index contributed by atoms with van der Waals surface area (Å²) < 4.78 is 10.4. The van der Waals surface area contributed by atoms with Crippen molar-refractivity contribution in [3.05, 3.63) is 0 Å². The van der Waals surface area contributed by atoms with Crippen molar-refractivity contribution in [3.63, 3.8) is 0 Å². The van der Waals surface area contributed by atoms with Crippen LogP contribution in [0.25, 0.3) is 0 Å². The maximum Gasteiger partial charge on any atom is 0.147 e. The second kappa shape index (κ2) is 8.02. The van der Waals surface area contributed by atoms with E-state index in [0.717, 1.165) is 13.0 Å². The van der Waals surface area contributed by atoms with Gasteiger partial charge in [0.1, 0.15) is 6.79 Å². The molecule has 0 saturated heterocycles. The molecule has 68 valence electrons. The lowest BCUT2D eigenvalue weighted by Crippen LogP contribution is -2.07. The van der Waals surface area contributed by atoms with Gasteiger partial charge in [-0.2, -0.15) is 0 Å². The molecular weight excluding hydrogens is 140 g/mol. The van der Waals surface area contributed by atoms with E-state index in [1.807, 2.05) is 13.8 Å². The predicted octanol–water partition coefficient (Wildman–Crippen LogP) is 2.58. The van der Waals surface area contributed by atoms with Gasteiger partial charge in [0, 0.05) is 6.61 Å². The Morgan fingerprint density at radius 2 is 1.91 bits per heavy atom. The summed E-state index contributed by atoms with van der Waals surface area (Å²) in [6.45, 7) is 7.48. The van der Waals surface area contributed by atoms with E-state index in [9.17, 15) is 0 Å². The molecule has 0 amide bonds. The molecule has 0 atom stereocenters. The molecular formula is C9H20O2. The van der Waals surface area contributed by atoms with E-state index in [4.69, 9.17) is 9.47 Å². The molecule has 0 aromatic heterocycles. The molecule has 0 aliphatic carbocycles. The summed E-state index contributed by atoms with van der Waals surface area (Å²) in [7, 11) is 0. The van der Waals surface area contributed by atoms with Crippen LogP contribution in [0.4, 0.5) is 0 Å². The van der Waals surface area contributed by atoms with Gasteiger partial charge < -0.3 is 9.47 Å². The molecule has 0 saturated carbocycles. The van der Waals surface area contributed by atoms with E-state index in [-0.39, 0.29) is 6.10 Å². The number of hydrogen-bond donors (Lipinski definition) is 0. The van der Waals surface area contributed by atoms with Gasteiger partial charge in [-0.25, -0.2) is 0 Å². The Labute approximate surface area is 69.9 Å². The van der Waals surface area contributed by atoms with Crippen LogP contribution in [0, 0.1) is 0 Å². The summed E-state index contributed by atoms with van der Waals surface area (Å²) in [4.78, 5) is 0. The molecule has 2 nitrogen and oxygen atoms in total. The van der Waals surface area contributed by atoms with Crippen molar-refractivity contribution in [1.29, 1.82) is 0 Å². The van der Waals surface area contributed by atoms with Crippen LogP contribution in [0.2, 0.25) is 0 Å². The van der Waals surface area contributed by atoms with Crippen molar-refractivity contribution in [3.8, 4) is 0 Å². The number of ether oxygens (including phenoxy) is 2. The lowest BCUT2D eigenvalue weighted by atomic mass is 10.3. The molecule has 0 aliphatic heterocycles. The Balaban J connectivity index is 2.80. The lowest BCUT2D eigenvalue weighted by Gasteiger charge is -2.07. The van der Waals surface area contributed by atoms with E-state index in [0.29, 0.717) is 6.79 Å². The first-order valence-electron chi connectivity index (χ1n) is 4.46. The number of hydrogen-bond acceptors (Lipinski definition) is 2. The molecule has 0 radical (unpaired) electrons. The quantitative estimate of drug-likeness (QED) is 0.421. The zero-order valence-electron chi connectivity index (χ0n) is 7.93. The summed E-state index contributed by atoms with van der Waals surface area (Å²) in [5.41, 5.74) is 0. The highest BCUT2D eigenvalue weighted by Crippen LogP contribution is 1.95. The van der Waals surface area contributed by atoms with Gasteiger partial charge in [0.15, 0.2) is 0 Å². The smallest absolute Gasteiger partial charge is 0.147 e. The van der Waals surface area contributed by atoms with E-state index < -0.39 is 0 Å². The maximum absolute atomic E-state index is 5.22. The molecule has 0 rings (SSSR count). The summed E-state index contributed by atoms with van der Waals surface area (Å²) >= 11 is 0. The van der Waals surface area contributed by atoms with Gasteiger partial charge >= 0.3 is 0 Å². The monoisotopic (exact) mass is 160 g/mol. The fraction of sp³-hybridized carbons (Fsp3) is 1.00. The lowest BCUT2D eigenvalue weighted by molar-refractivity contribution is -0.0790. The summed E-state index contributed by atoms with van der Waals surface area (Å²) in [6.07, 6.45) is 3.93. The first-order valence-corrected chi connectivity index (χ1v) is 4.46. The van der Waals surface area contributed by atoms with E-state index in [1.54, 1.807) is 0 Å². The number of rotatable bonds is 7. The molecule has 0 aliphatic rings. The van der Waals surface area contributed by atoms with Crippen molar-refractivity contribution >= 4 is 0 Å². The average molecular weight is 160 g/mol. The van der Waals surface area contributed by atoms with Gasteiger partial charge in [-0.15, -0.1) is 0 Å². The van der Waals surface area contributed by atoms with Gasteiger partial charge in [-0.1, -0.05) is 19.8 Å². The third-order valence-electron chi connectivity index (χ3n) is 1.38. The van der Waals surface area contributed by atoms with Crippen molar-refractivity contribution in [2.75, 3.05) is 13.4 Å². The minimum absolute atomic E-state index is 0.279. The van der Waals surface area contributed by atoms with E-state index in [2.05, 4.69) is 6.92 Å². The normalized spacial score (nSPS) is 10.9. The van der Waals surface area contributed by atoms with Crippen LogP contribution in [0.5, 0.6) is 0 Å². The Hall–Kier alpha value is -0.0800. The second-order valence-corrected chi connectivity index (χ2v) is 2.95. The molecule has 0 aromatic carbocycles. The Morgan fingerprint density at radius 3 is 2.45 bits per heavy atom. The van der Waals surface area contributed by atoms with Crippen LogP contribution in [-0.2, 0) is 9.47 Å². The molecule has 0 fully saturated rings.